The van der Waals surface area contributed by atoms with Gasteiger partial charge in [0.2, 0.25) is 0 Å². The number of rotatable bonds is 51. The first-order valence-electron chi connectivity index (χ1n) is 27.4. The summed E-state index contributed by atoms with van der Waals surface area (Å²) in [7, 11) is -4.40. The van der Waals surface area contributed by atoms with Gasteiger partial charge in [0.15, 0.2) is 6.10 Å². The second-order valence-electron chi connectivity index (χ2n) is 18.1. The molecule has 0 aromatic rings. The largest absolute Gasteiger partial charge is 0.472 e. The van der Waals surface area contributed by atoms with Crippen molar-refractivity contribution in [1.29, 1.82) is 0 Å². The number of esters is 2. The third-order valence-corrected chi connectivity index (χ3v) is 12.6. The Bertz CT molecular complexity index is 1320. The van der Waals surface area contributed by atoms with E-state index in [4.69, 9.17) is 24.3 Å². The van der Waals surface area contributed by atoms with Gasteiger partial charge in [0.05, 0.1) is 13.2 Å². The van der Waals surface area contributed by atoms with E-state index in [-0.39, 0.29) is 32.6 Å². The zero-order valence-electron chi connectivity index (χ0n) is 43.1. The van der Waals surface area contributed by atoms with Crippen molar-refractivity contribution in [2.45, 2.75) is 251 Å². The van der Waals surface area contributed by atoms with Gasteiger partial charge < -0.3 is 20.1 Å². The molecule has 0 radical (unpaired) electrons. The number of hydrogen-bond donors (Lipinski definition) is 2. The molecule has 2 unspecified atom stereocenters. The van der Waals surface area contributed by atoms with Crippen molar-refractivity contribution in [2.75, 3.05) is 26.4 Å². The van der Waals surface area contributed by atoms with Crippen LogP contribution in [-0.4, -0.2) is 49.3 Å². The van der Waals surface area contributed by atoms with Crippen LogP contribution < -0.4 is 5.73 Å². The molecular formula is C57H102NO8P. The van der Waals surface area contributed by atoms with Gasteiger partial charge in [-0.25, -0.2) is 4.57 Å². The van der Waals surface area contributed by atoms with E-state index in [0.717, 1.165) is 51.4 Å². The lowest BCUT2D eigenvalue weighted by molar-refractivity contribution is -0.161. The molecule has 0 bridgehead atoms. The van der Waals surface area contributed by atoms with E-state index in [1.807, 2.05) is 12.2 Å². The molecule has 3 N–H and O–H groups in total. The highest BCUT2D eigenvalue weighted by Gasteiger charge is 2.26. The zero-order chi connectivity index (χ0) is 48.8. The number of nitrogens with two attached hydrogens (primary N) is 1. The highest BCUT2D eigenvalue weighted by atomic mass is 31.2. The van der Waals surface area contributed by atoms with Crippen molar-refractivity contribution in [2.24, 2.45) is 5.73 Å². The number of carbonyl (C=O) groups excluding carboxylic acids is 2. The van der Waals surface area contributed by atoms with Gasteiger partial charge in [-0.1, -0.05) is 234 Å². The molecule has 0 heterocycles. The standard InChI is InChI=1S/C57H102NO8P/c1-3-5-7-9-11-13-15-17-18-19-20-21-22-23-24-25-26-27-28-29-30-31-32-33-34-35-36-38-39-41-43-45-47-49-56(59)63-53-55(54-65-67(61,62)64-52-51-58)66-57(60)50-48-46-44-42-40-37-16-14-12-10-8-6-4-2/h6,8,12,14-15,17,19-20,37,40,44,46,55H,3-5,7,9-11,13,16,18,21-36,38-39,41-43,45,47-54,58H2,1-2H3,(H,61,62)/b8-6-,14-12-,17-15-,20-19-,40-37-,46-44-. The van der Waals surface area contributed by atoms with Gasteiger partial charge in [0, 0.05) is 19.4 Å². The molecule has 10 heteroatoms. The fourth-order valence-electron chi connectivity index (χ4n) is 7.56. The lowest BCUT2D eigenvalue weighted by Gasteiger charge is -2.19. The van der Waals surface area contributed by atoms with Gasteiger partial charge in [-0.2, -0.15) is 0 Å². The van der Waals surface area contributed by atoms with Gasteiger partial charge in [-0.05, 0) is 70.6 Å². The third kappa shape index (κ3) is 52.7. The molecule has 0 rings (SSSR count). The molecule has 0 aliphatic rings. The third-order valence-electron chi connectivity index (χ3n) is 11.6. The number of ether oxygens (including phenoxy) is 2. The number of hydrogen-bond acceptors (Lipinski definition) is 8. The molecule has 67 heavy (non-hydrogen) atoms. The quantitative estimate of drug-likeness (QED) is 0.0264. The molecule has 0 amide bonds. The molecule has 0 spiro atoms. The van der Waals surface area contributed by atoms with Crippen molar-refractivity contribution >= 4 is 19.8 Å². The number of carbonyl (C=O) groups is 2. The molecule has 9 nitrogen and oxygen atoms in total. The predicted molar refractivity (Wildman–Crippen MR) is 284 cm³/mol. The number of phosphoric acid groups is 1. The molecule has 0 fully saturated rings. The average Bonchev–Trinajstić information content (AvgIpc) is 3.32. The van der Waals surface area contributed by atoms with E-state index in [1.165, 1.54) is 161 Å². The Morgan fingerprint density at radius 1 is 0.463 bits per heavy atom. The van der Waals surface area contributed by atoms with Crippen LogP contribution in [0.15, 0.2) is 72.9 Å². The van der Waals surface area contributed by atoms with E-state index in [1.54, 1.807) is 0 Å². The van der Waals surface area contributed by atoms with Gasteiger partial charge in [-0.3, -0.25) is 18.6 Å². The van der Waals surface area contributed by atoms with E-state index in [2.05, 4.69) is 74.6 Å². The first-order chi connectivity index (χ1) is 32.8. The van der Waals surface area contributed by atoms with Crippen molar-refractivity contribution < 1.29 is 37.6 Å². The molecule has 388 valence electrons. The average molecular weight is 960 g/mol. The van der Waals surface area contributed by atoms with E-state index in [0.29, 0.717) is 6.42 Å². The van der Waals surface area contributed by atoms with Crippen LogP contribution in [0.25, 0.3) is 0 Å². The highest BCUT2D eigenvalue weighted by molar-refractivity contribution is 7.47. The number of phosphoric ester groups is 1. The van der Waals surface area contributed by atoms with Crippen LogP contribution in [-0.2, 0) is 32.7 Å². The maximum absolute atomic E-state index is 12.6. The van der Waals surface area contributed by atoms with E-state index >= 15 is 0 Å². The predicted octanol–water partition coefficient (Wildman–Crippen LogP) is 17.0. The van der Waals surface area contributed by atoms with Crippen LogP contribution >= 0.6 is 7.82 Å². The van der Waals surface area contributed by atoms with Crippen molar-refractivity contribution in [3.8, 4) is 0 Å². The Balaban J connectivity index is 3.87. The molecule has 0 aliphatic heterocycles. The minimum Gasteiger partial charge on any atom is -0.462 e. The molecular weight excluding hydrogens is 858 g/mol. The number of allylic oxidation sites excluding steroid dienone is 12. The molecule has 0 aromatic carbocycles. The Hall–Kier alpha value is -2.55. The normalized spacial score (nSPS) is 13.7. The first kappa shape index (κ1) is 64.5. The Morgan fingerprint density at radius 2 is 0.851 bits per heavy atom. The summed E-state index contributed by atoms with van der Waals surface area (Å²) in [6, 6.07) is 0. The summed E-state index contributed by atoms with van der Waals surface area (Å²) in [5, 5.41) is 0. The van der Waals surface area contributed by atoms with Crippen LogP contribution in [0.3, 0.4) is 0 Å². The summed E-state index contributed by atoms with van der Waals surface area (Å²) < 4.78 is 32.8. The molecule has 0 saturated carbocycles. The smallest absolute Gasteiger partial charge is 0.462 e. The summed E-state index contributed by atoms with van der Waals surface area (Å²) >= 11 is 0. The summed E-state index contributed by atoms with van der Waals surface area (Å²) in [5.74, 6) is -0.919. The summed E-state index contributed by atoms with van der Waals surface area (Å²) in [6.45, 7) is 3.54. The molecule has 0 aliphatic carbocycles. The molecule has 2 atom stereocenters. The maximum atomic E-state index is 12.6. The maximum Gasteiger partial charge on any atom is 0.472 e. The minimum absolute atomic E-state index is 0.0411. The minimum atomic E-state index is -4.40. The zero-order valence-corrected chi connectivity index (χ0v) is 44.0. The summed E-state index contributed by atoms with van der Waals surface area (Å²) in [5.41, 5.74) is 5.36. The van der Waals surface area contributed by atoms with Gasteiger partial charge in [0.25, 0.3) is 0 Å². The number of unbranched alkanes of at least 4 members (excludes halogenated alkanes) is 26. The highest BCUT2D eigenvalue weighted by Crippen LogP contribution is 2.43. The van der Waals surface area contributed by atoms with E-state index in [9.17, 15) is 19.0 Å². The SMILES string of the molecule is CC/C=C\C/C=C\C/C=C\C/C=C\CCC(=O)OC(COC(=O)CCCCCCCCCCCCCCCCCCCCCCC/C=C\C/C=C\CCCCCCC)COP(=O)(O)OCCN. The van der Waals surface area contributed by atoms with Crippen molar-refractivity contribution in [1.82, 2.24) is 0 Å². The van der Waals surface area contributed by atoms with Crippen LogP contribution in [0.1, 0.15) is 245 Å². The summed E-state index contributed by atoms with van der Waals surface area (Å²) in [6.07, 6.45) is 67.2. The second kappa shape index (κ2) is 52.8. The first-order valence-corrected chi connectivity index (χ1v) is 28.9. The van der Waals surface area contributed by atoms with Gasteiger partial charge in [0.1, 0.15) is 6.61 Å². The fraction of sp³-hybridized carbons (Fsp3) is 0.754. The lowest BCUT2D eigenvalue weighted by atomic mass is 10.0. The van der Waals surface area contributed by atoms with Crippen molar-refractivity contribution in [3.63, 3.8) is 0 Å². The Kier molecular flexibility index (Phi) is 50.8. The summed E-state index contributed by atoms with van der Waals surface area (Å²) in [4.78, 5) is 34.9. The van der Waals surface area contributed by atoms with E-state index < -0.39 is 32.5 Å². The molecule has 0 saturated heterocycles. The van der Waals surface area contributed by atoms with Gasteiger partial charge in [-0.15, -0.1) is 0 Å². The van der Waals surface area contributed by atoms with Crippen LogP contribution in [0.4, 0.5) is 0 Å². The Morgan fingerprint density at radius 3 is 1.28 bits per heavy atom. The second-order valence-corrected chi connectivity index (χ2v) is 19.5. The van der Waals surface area contributed by atoms with Crippen LogP contribution in [0.5, 0.6) is 0 Å². The van der Waals surface area contributed by atoms with Gasteiger partial charge >= 0.3 is 19.8 Å². The lowest BCUT2D eigenvalue weighted by Crippen LogP contribution is -2.29. The fourth-order valence-corrected chi connectivity index (χ4v) is 8.33. The Labute approximate surface area is 411 Å². The van der Waals surface area contributed by atoms with Crippen molar-refractivity contribution in [3.05, 3.63) is 72.9 Å². The molecule has 0 aromatic heterocycles. The van der Waals surface area contributed by atoms with Crippen LogP contribution in [0.2, 0.25) is 0 Å². The van der Waals surface area contributed by atoms with Crippen LogP contribution in [0, 0.1) is 0 Å². The monoisotopic (exact) mass is 960 g/mol. The topological polar surface area (TPSA) is 134 Å².